The average Bonchev–Trinajstić information content (AvgIpc) is 2.84. The van der Waals surface area contributed by atoms with Crippen molar-refractivity contribution in [1.29, 1.82) is 10.7 Å². The van der Waals surface area contributed by atoms with Crippen molar-refractivity contribution in [3.8, 4) is 6.07 Å². The van der Waals surface area contributed by atoms with E-state index < -0.39 is 5.84 Å². The van der Waals surface area contributed by atoms with Crippen LogP contribution in [-0.2, 0) is 0 Å². The van der Waals surface area contributed by atoms with Gasteiger partial charge >= 0.3 is 0 Å². The van der Waals surface area contributed by atoms with Crippen LogP contribution in [0.5, 0.6) is 0 Å². The molecule has 1 saturated carbocycles. The number of benzene rings is 1. The van der Waals surface area contributed by atoms with E-state index in [1.54, 1.807) is 30.3 Å². The standard InChI is InChI=1S/C17H22N6O/c18-11-15(16(19)20)23-22-14-10-6-5-9-13(14)17(24)21-12-7-3-1-2-4-8-12/h5-6,9-10,12,22H,1-4,7-8H2,(H3,19,20)(H,21,24)/b23-15+. The Morgan fingerprint density at radius 1 is 1.25 bits per heavy atom. The Bertz CT molecular complexity index is 668. The number of carbonyl (C=O) groups excluding carboxylic acids is 1. The van der Waals surface area contributed by atoms with Crippen molar-refractivity contribution in [1.82, 2.24) is 5.32 Å². The number of rotatable bonds is 5. The molecule has 0 heterocycles. The third-order valence-electron chi connectivity index (χ3n) is 4.01. The number of amidine groups is 1. The molecular formula is C17H22N6O. The summed E-state index contributed by atoms with van der Waals surface area (Å²) in [6.45, 7) is 0. The van der Waals surface area contributed by atoms with Gasteiger partial charge in [-0.25, -0.2) is 0 Å². The number of hydrogen-bond donors (Lipinski definition) is 4. The van der Waals surface area contributed by atoms with E-state index >= 15 is 0 Å². The second-order valence-corrected chi connectivity index (χ2v) is 5.81. The number of nitriles is 1. The van der Waals surface area contributed by atoms with E-state index in [4.69, 9.17) is 16.4 Å². The van der Waals surface area contributed by atoms with E-state index in [-0.39, 0.29) is 17.7 Å². The molecule has 0 aromatic heterocycles. The lowest BCUT2D eigenvalue weighted by Gasteiger charge is -2.17. The molecule has 1 fully saturated rings. The molecule has 0 spiro atoms. The molecule has 1 amide bonds. The number of para-hydroxylation sites is 1. The zero-order chi connectivity index (χ0) is 17.4. The van der Waals surface area contributed by atoms with Crippen LogP contribution in [0.3, 0.4) is 0 Å². The summed E-state index contributed by atoms with van der Waals surface area (Å²) in [4.78, 5) is 12.6. The molecule has 5 N–H and O–H groups in total. The molecule has 0 bridgehead atoms. The van der Waals surface area contributed by atoms with Crippen LogP contribution < -0.4 is 16.5 Å². The van der Waals surface area contributed by atoms with Crippen LogP contribution >= 0.6 is 0 Å². The maximum Gasteiger partial charge on any atom is 0.253 e. The number of hydrazone groups is 1. The zero-order valence-corrected chi connectivity index (χ0v) is 13.5. The van der Waals surface area contributed by atoms with Crippen molar-refractivity contribution in [2.24, 2.45) is 10.8 Å². The monoisotopic (exact) mass is 326 g/mol. The van der Waals surface area contributed by atoms with Crippen molar-refractivity contribution in [3.05, 3.63) is 29.8 Å². The van der Waals surface area contributed by atoms with E-state index in [1.165, 1.54) is 12.8 Å². The first kappa shape index (κ1) is 17.5. The highest BCUT2D eigenvalue weighted by Gasteiger charge is 2.17. The van der Waals surface area contributed by atoms with Crippen molar-refractivity contribution in [3.63, 3.8) is 0 Å². The molecule has 7 nitrogen and oxygen atoms in total. The Hall–Kier alpha value is -2.88. The van der Waals surface area contributed by atoms with Gasteiger partial charge in [0.05, 0.1) is 11.3 Å². The third kappa shape index (κ3) is 4.81. The first-order valence-electron chi connectivity index (χ1n) is 8.10. The highest BCUT2D eigenvalue weighted by Crippen LogP contribution is 2.19. The molecule has 1 aromatic rings. The van der Waals surface area contributed by atoms with Gasteiger partial charge in [-0.3, -0.25) is 15.6 Å². The number of carbonyl (C=O) groups is 1. The van der Waals surface area contributed by atoms with Crippen molar-refractivity contribution in [2.75, 3.05) is 5.43 Å². The predicted octanol–water partition coefficient (Wildman–Crippen LogP) is 2.37. The summed E-state index contributed by atoms with van der Waals surface area (Å²) >= 11 is 0. The molecule has 1 aliphatic rings. The number of hydrogen-bond acceptors (Lipinski definition) is 5. The number of anilines is 1. The fourth-order valence-corrected chi connectivity index (χ4v) is 2.73. The lowest BCUT2D eigenvalue weighted by atomic mass is 10.1. The number of nitrogens with zero attached hydrogens (tertiary/aromatic N) is 2. The van der Waals surface area contributed by atoms with Gasteiger partial charge < -0.3 is 11.1 Å². The van der Waals surface area contributed by atoms with Gasteiger partial charge in [0.1, 0.15) is 6.07 Å². The van der Waals surface area contributed by atoms with Crippen LogP contribution in [0.25, 0.3) is 0 Å². The van der Waals surface area contributed by atoms with Gasteiger partial charge in [0.15, 0.2) is 5.84 Å². The minimum Gasteiger partial charge on any atom is -0.382 e. The quantitative estimate of drug-likeness (QED) is 0.286. The molecule has 1 aromatic carbocycles. The second kappa shape index (κ2) is 8.67. The lowest BCUT2D eigenvalue weighted by Crippen LogP contribution is -2.34. The minimum absolute atomic E-state index is 0.165. The van der Waals surface area contributed by atoms with Crippen LogP contribution in [0.1, 0.15) is 48.9 Å². The number of nitrogens with one attached hydrogen (secondary N) is 3. The highest BCUT2D eigenvalue weighted by molar-refractivity contribution is 6.45. The first-order valence-corrected chi connectivity index (χ1v) is 8.10. The average molecular weight is 326 g/mol. The second-order valence-electron chi connectivity index (χ2n) is 5.81. The smallest absolute Gasteiger partial charge is 0.253 e. The molecule has 0 aliphatic heterocycles. The van der Waals surface area contributed by atoms with Gasteiger partial charge in [-0.2, -0.15) is 10.4 Å². The highest BCUT2D eigenvalue weighted by atomic mass is 16.1. The molecule has 7 heteroatoms. The Balaban J connectivity index is 2.11. The van der Waals surface area contributed by atoms with E-state index in [0.717, 1.165) is 25.7 Å². The fraction of sp³-hybridized carbons (Fsp3) is 0.412. The maximum absolute atomic E-state index is 12.6. The molecule has 2 rings (SSSR count). The van der Waals surface area contributed by atoms with E-state index in [2.05, 4.69) is 15.8 Å². The SMILES string of the molecule is N#C/C(=N\Nc1ccccc1C(=O)NC1CCCCCC1)C(=N)N. The van der Waals surface area contributed by atoms with E-state index in [9.17, 15) is 4.79 Å². The zero-order valence-electron chi connectivity index (χ0n) is 13.5. The summed E-state index contributed by atoms with van der Waals surface area (Å²) in [7, 11) is 0. The predicted molar refractivity (Wildman–Crippen MR) is 94.0 cm³/mol. The number of nitrogens with two attached hydrogens (primary N) is 1. The van der Waals surface area contributed by atoms with E-state index in [1.807, 2.05) is 0 Å². The van der Waals surface area contributed by atoms with Crippen LogP contribution in [0.15, 0.2) is 29.4 Å². The first-order chi connectivity index (χ1) is 11.6. The summed E-state index contributed by atoms with van der Waals surface area (Å²) in [5.74, 6) is -0.591. The summed E-state index contributed by atoms with van der Waals surface area (Å²) in [6.07, 6.45) is 6.73. The Kier molecular flexibility index (Phi) is 6.32. The van der Waals surface area contributed by atoms with Crippen molar-refractivity contribution >= 4 is 23.1 Å². The minimum atomic E-state index is -0.426. The van der Waals surface area contributed by atoms with Crippen molar-refractivity contribution in [2.45, 2.75) is 44.6 Å². The molecule has 0 radical (unpaired) electrons. The fourth-order valence-electron chi connectivity index (χ4n) is 2.73. The Labute approximate surface area is 141 Å². The van der Waals surface area contributed by atoms with E-state index in [0.29, 0.717) is 11.3 Å². The van der Waals surface area contributed by atoms with Gasteiger partial charge in [-0.1, -0.05) is 37.8 Å². The van der Waals surface area contributed by atoms with Gasteiger partial charge in [0, 0.05) is 6.04 Å². The third-order valence-corrected chi connectivity index (χ3v) is 4.01. The molecule has 0 atom stereocenters. The maximum atomic E-state index is 12.6. The van der Waals surface area contributed by atoms with Gasteiger partial charge in [0.25, 0.3) is 5.91 Å². The number of amides is 1. The molecule has 24 heavy (non-hydrogen) atoms. The summed E-state index contributed by atoms with van der Waals surface area (Å²) < 4.78 is 0. The molecule has 1 aliphatic carbocycles. The lowest BCUT2D eigenvalue weighted by molar-refractivity contribution is 0.0934. The normalized spacial score (nSPS) is 15.9. The molecule has 0 unspecified atom stereocenters. The Morgan fingerprint density at radius 2 is 1.92 bits per heavy atom. The molecule has 126 valence electrons. The summed E-state index contributed by atoms with van der Waals surface area (Å²) in [5, 5.41) is 23.0. The van der Waals surface area contributed by atoms with Gasteiger partial charge in [-0.05, 0) is 25.0 Å². The Morgan fingerprint density at radius 3 is 2.54 bits per heavy atom. The topological polar surface area (TPSA) is 127 Å². The van der Waals surface area contributed by atoms with Crippen LogP contribution in [0.4, 0.5) is 5.69 Å². The van der Waals surface area contributed by atoms with Gasteiger partial charge in [0.2, 0.25) is 5.71 Å². The summed E-state index contributed by atoms with van der Waals surface area (Å²) in [5.41, 5.74) is 8.61. The molecular weight excluding hydrogens is 304 g/mol. The largest absolute Gasteiger partial charge is 0.382 e. The van der Waals surface area contributed by atoms with Crippen LogP contribution in [-0.4, -0.2) is 23.5 Å². The molecule has 0 saturated heterocycles. The van der Waals surface area contributed by atoms with Gasteiger partial charge in [-0.15, -0.1) is 0 Å². The van der Waals surface area contributed by atoms with Crippen molar-refractivity contribution < 1.29 is 4.79 Å². The summed E-state index contributed by atoms with van der Waals surface area (Å²) in [6, 6.07) is 8.86. The van der Waals surface area contributed by atoms with Crippen LogP contribution in [0.2, 0.25) is 0 Å². The van der Waals surface area contributed by atoms with Crippen LogP contribution in [0, 0.1) is 16.7 Å².